The highest BCUT2D eigenvalue weighted by Crippen LogP contribution is 2.36. The minimum atomic E-state index is 0.0443. The average Bonchev–Trinajstić information content (AvgIpc) is 3.69. The summed E-state index contributed by atoms with van der Waals surface area (Å²) >= 11 is 7.93. The van der Waals surface area contributed by atoms with E-state index in [1.54, 1.807) is 11.3 Å². The summed E-state index contributed by atoms with van der Waals surface area (Å²) in [6, 6.07) is 13.8. The molecule has 0 saturated carbocycles. The molecule has 6 nitrogen and oxygen atoms in total. The van der Waals surface area contributed by atoms with Crippen LogP contribution in [0.15, 0.2) is 60.6 Å². The van der Waals surface area contributed by atoms with E-state index in [0.717, 1.165) is 65.4 Å². The number of aromatic nitrogens is 1. The molecule has 2 aromatic carbocycles. The van der Waals surface area contributed by atoms with Gasteiger partial charge >= 0.3 is 0 Å². The van der Waals surface area contributed by atoms with Crippen LogP contribution in [0.2, 0.25) is 5.02 Å². The number of carbonyl (C=O) groups is 2. The number of halogens is 1. The first-order valence-corrected chi connectivity index (χ1v) is 14.5. The number of carbonyl (C=O) groups excluding carboxylic acids is 2. The first kappa shape index (κ1) is 25.3. The second-order valence-electron chi connectivity index (χ2n) is 10.4. The zero-order valence-corrected chi connectivity index (χ0v) is 22.9. The summed E-state index contributed by atoms with van der Waals surface area (Å²) in [6.45, 7) is 7.64. The van der Waals surface area contributed by atoms with Crippen LogP contribution in [0.5, 0.6) is 0 Å². The molecule has 0 bridgehead atoms. The van der Waals surface area contributed by atoms with E-state index in [-0.39, 0.29) is 24.3 Å². The summed E-state index contributed by atoms with van der Waals surface area (Å²) in [5.74, 6) is 0.683. The van der Waals surface area contributed by atoms with Gasteiger partial charge in [0, 0.05) is 53.5 Å². The lowest BCUT2D eigenvalue weighted by Gasteiger charge is -2.36. The van der Waals surface area contributed by atoms with E-state index in [1.165, 1.54) is 0 Å². The zero-order chi connectivity index (χ0) is 26.2. The molecule has 2 fully saturated rings. The molecule has 4 heterocycles. The lowest BCUT2D eigenvalue weighted by molar-refractivity contribution is -0.118. The molecule has 8 heteroatoms. The average molecular weight is 547 g/mol. The SMILES string of the molecule is C=C(c1nccs1)C1CCN(C2CC(=O)N(c3ccc4c(c3)CCN4C(=O)Cc3ccccc3Cl)C2)CC1. The van der Waals surface area contributed by atoms with Gasteiger partial charge in [0.05, 0.1) is 6.42 Å². The number of allylic oxidation sites excluding steroid dienone is 1. The molecular formula is C30H31ClN4O2S. The van der Waals surface area contributed by atoms with Gasteiger partial charge < -0.3 is 9.80 Å². The third-order valence-electron chi connectivity index (χ3n) is 8.22. The summed E-state index contributed by atoms with van der Waals surface area (Å²) in [5, 5.41) is 3.67. The highest BCUT2D eigenvalue weighted by atomic mass is 35.5. The topological polar surface area (TPSA) is 56.8 Å². The van der Waals surface area contributed by atoms with Crippen molar-refractivity contribution < 1.29 is 9.59 Å². The summed E-state index contributed by atoms with van der Waals surface area (Å²) in [4.78, 5) is 36.8. The second-order valence-corrected chi connectivity index (χ2v) is 11.7. The molecule has 0 spiro atoms. The van der Waals surface area contributed by atoms with E-state index in [4.69, 9.17) is 11.6 Å². The Morgan fingerprint density at radius 1 is 1.13 bits per heavy atom. The van der Waals surface area contributed by atoms with Gasteiger partial charge in [-0.25, -0.2) is 4.98 Å². The molecule has 1 unspecified atom stereocenters. The van der Waals surface area contributed by atoms with Gasteiger partial charge in [-0.15, -0.1) is 11.3 Å². The van der Waals surface area contributed by atoms with E-state index in [1.807, 2.05) is 57.8 Å². The van der Waals surface area contributed by atoms with Gasteiger partial charge in [-0.1, -0.05) is 36.4 Å². The maximum Gasteiger partial charge on any atom is 0.231 e. The molecule has 1 atom stereocenters. The summed E-state index contributed by atoms with van der Waals surface area (Å²) < 4.78 is 0. The van der Waals surface area contributed by atoms with Gasteiger partial charge in [-0.3, -0.25) is 14.5 Å². The molecule has 2 saturated heterocycles. The van der Waals surface area contributed by atoms with Gasteiger partial charge in [-0.2, -0.15) is 0 Å². The molecule has 3 aromatic rings. The fraction of sp³-hybridized carbons (Fsp3) is 0.367. The monoisotopic (exact) mass is 546 g/mol. The molecule has 1 aromatic heterocycles. The summed E-state index contributed by atoms with van der Waals surface area (Å²) in [7, 11) is 0. The fourth-order valence-corrected chi connectivity index (χ4v) is 6.96. The van der Waals surface area contributed by atoms with E-state index in [2.05, 4.69) is 22.5 Å². The number of likely N-dealkylation sites (tertiary alicyclic amines) is 1. The van der Waals surface area contributed by atoms with Gasteiger partial charge in [0.25, 0.3) is 0 Å². The molecule has 0 aliphatic carbocycles. The zero-order valence-electron chi connectivity index (χ0n) is 21.3. The normalized spacial score (nSPS) is 20.2. The summed E-state index contributed by atoms with van der Waals surface area (Å²) in [5.41, 5.74) is 4.99. The van der Waals surface area contributed by atoms with Crippen molar-refractivity contribution in [2.24, 2.45) is 5.92 Å². The smallest absolute Gasteiger partial charge is 0.231 e. The van der Waals surface area contributed by atoms with Gasteiger partial charge in [0.2, 0.25) is 11.8 Å². The van der Waals surface area contributed by atoms with Crippen molar-refractivity contribution >= 4 is 51.7 Å². The third-order valence-corrected chi connectivity index (χ3v) is 9.44. The van der Waals surface area contributed by atoms with Gasteiger partial charge in [-0.05, 0) is 79.2 Å². The van der Waals surface area contributed by atoms with Crippen molar-refractivity contribution in [3.63, 3.8) is 0 Å². The summed E-state index contributed by atoms with van der Waals surface area (Å²) in [6.07, 6.45) is 5.58. The van der Waals surface area contributed by atoms with E-state index >= 15 is 0 Å². The first-order chi connectivity index (χ1) is 18.5. The van der Waals surface area contributed by atoms with Crippen LogP contribution in [-0.2, 0) is 22.4 Å². The number of thiazole rings is 1. The molecule has 6 rings (SSSR count). The predicted molar refractivity (Wildman–Crippen MR) is 154 cm³/mol. The van der Waals surface area contributed by atoms with Gasteiger partial charge in [0.15, 0.2) is 0 Å². The number of rotatable bonds is 6. The molecule has 3 aliphatic rings. The maximum absolute atomic E-state index is 13.1. The van der Waals surface area contributed by atoms with Gasteiger partial charge in [0.1, 0.15) is 5.01 Å². The predicted octanol–water partition coefficient (Wildman–Crippen LogP) is 5.46. The molecule has 3 aliphatic heterocycles. The van der Waals surface area contributed by atoms with E-state index in [0.29, 0.717) is 30.5 Å². The molecule has 0 N–H and O–H groups in total. The lowest BCUT2D eigenvalue weighted by atomic mass is 9.89. The minimum Gasteiger partial charge on any atom is -0.312 e. The molecule has 38 heavy (non-hydrogen) atoms. The van der Waals surface area contributed by atoms with Crippen LogP contribution in [-0.4, -0.2) is 53.9 Å². The number of fused-ring (bicyclic) bond motifs is 1. The Morgan fingerprint density at radius 3 is 2.71 bits per heavy atom. The molecule has 196 valence electrons. The van der Waals surface area contributed by atoms with Crippen molar-refractivity contribution in [2.75, 3.05) is 36.0 Å². The Bertz CT molecular complexity index is 1370. The molecular weight excluding hydrogens is 516 g/mol. The Balaban J connectivity index is 1.08. The fourth-order valence-electron chi connectivity index (χ4n) is 6.07. The highest BCUT2D eigenvalue weighted by Gasteiger charge is 2.37. The van der Waals surface area contributed by atoms with Crippen LogP contribution in [0, 0.1) is 5.92 Å². The van der Waals surface area contributed by atoms with Crippen LogP contribution in [0.25, 0.3) is 5.57 Å². The number of amides is 2. The van der Waals surface area contributed by atoms with Crippen LogP contribution < -0.4 is 9.80 Å². The minimum absolute atomic E-state index is 0.0443. The van der Waals surface area contributed by atoms with E-state index in [9.17, 15) is 9.59 Å². The van der Waals surface area contributed by atoms with Crippen LogP contribution in [0.1, 0.15) is 35.4 Å². The quantitative estimate of drug-likeness (QED) is 0.412. The Hall–Kier alpha value is -3.00. The van der Waals surface area contributed by atoms with Crippen molar-refractivity contribution in [1.29, 1.82) is 0 Å². The van der Waals surface area contributed by atoms with Crippen molar-refractivity contribution in [3.8, 4) is 0 Å². The highest BCUT2D eigenvalue weighted by molar-refractivity contribution is 7.10. The van der Waals surface area contributed by atoms with Crippen molar-refractivity contribution in [3.05, 3.63) is 81.8 Å². The van der Waals surface area contributed by atoms with Crippen LogP contribution >= 0.6 is 22.9 Å². The Labute approximate surface area is 232 Å². The largest absolute Gasteiger partial charge is 0.312 e. The van der Waals surface area contributed by atoms with Crippen molar-refractivity contribution in [2.45, 2.75) is 38.1 Å². The standard InChI is InChI=1S/C30H31ClN4O2S/c1-20(30-32-11-15-38-30)21-8-12-33(13-9-21)25-18-29(37)35(19-25)24-6-7-27-23(16-24)10-14-34(27)28(36)17-22-4-2-3-5-26(22)31/h2-7,11,15-16,21,25H,1,8-10,12-14,17-19H2. The number of piperidine rings is 1. The van der Waals surface area contributed by atoms with E-state index < -0.39 is 0 Å². The third kappa shape index (κ3) is 4.91. The number of hydrogen-bond donors (Lipinski definition) is 0. The first-order valence-electron chi connectivity index (χ1n) is 13.3. The number of benzene rings is 2. The molecule has 0 radical (unpaired) electrons. The Morgan fingerprint density at radius 2 is 1.95 bits per heavy atom. The molecule has 2 amide bonds. The number of anilines is 2. The van der Waals surface area contributed by atoms with Crippen LogP contribution in [0.4, 0.5) is 11.4 Å². The maximum atomic E-state index is 13.1. The Kier molecular flexibility index (Phi) is 7.08. The second kappa shape index (κ2) is 10.6. The van der Waals surface area contributed by atoms with Crippen molar-refractivity contribution in [1.82, 2.24) is 9.88 Å². The number of nitrogens with zero attached hydrogens (tertiary/aromatic N) is 4. The lowest BCUT2D eigenvalue weighted by Crippen LogP contribution is -2.43. The number of hydrogen-bond acceptors (Lipinski definition) is 5. The van der Waals surface area contributed by atoms with Crippen LogP contribution in [0.3, 0.4) is 0 Å².